The molecule has 1 aromatic heterocycles. The number of carbonyl (C=O) groups is 1. The number of rotatable bonds is 2. The Balaban J connectivity index is 1.95. The van der Waals surface area contributed by atoms with Crippen LogP contribution in [0.4, 0.5) is 5.69 Å². The number of aryl methyl sites for hydroxylation is 1. The van der Waals surface area contributed by atoms with Gasteiger partial charge in [-0.1, -0.05) is 0 Å². The molecule has 0 atom stereocenters. The minimum absolute atomic E-state index is 0.144. The lowest BCUT2D eigenvalue weighted by Gasteiger charge is -2.19. The van der Waals surface area contributed by atoms with Crippen molar-refractivity contribution in [3.8, 4) is 6.07 Å². The van der Waals surface area contributed by atoms with E-state index in [0.29, 0.717) is 24.3 Å². The fraction of sp³-hybridized carbons (Fsp3) is 0.357. The van der Waals surface area contributed by atoms with E-state index in [2.05, 4.69) is 11.1 Å². The van der Waals surface area contributed by atoms with Gasteiger partial charge in [-0.15, -0.1) is 0 Å². The molecule has 0 bridgehead atoms. The SMILES string of the molecule is Cc1nc2cc(N(C)C(=O)C3(C#N)CC3)ccc2o1. The van der Waals surface area contributed by atoms with Gasteiger partial charge >= 0.3 is 0 Å². The maximum atomic E-state index is 12.3. The molecule has 0 aliphatic heterocycles. The second-order valence-electron chi connectivity index (χ2n) is 4.94. The standard InChI is InChI=1S/C14H13N3O2/c1-9-16-11-7-10(3-4-12(11)19-9)17(2)13(18)14(8-15)5-6-14/h3-4,7H,5-6H2,1-2H3. The molecule has 1 heterocycles. The molecule has 2 aromatic rings. The molecule has 0 N–H and O–H groups in total. The molecule has 1 saturated carbocycles. The Hall–Kier alpha value is -2.35. The lowest BCUT2D eigenvalue weighted by Crippen LogP contribution is -2.33. The molecule has 1 fully saturated rings. The first-order valence-electron chi connectivity index (χ1n) is 6.12. The molecule has 1 amide bonds. The van der Waals surface area contributed by atoms with E-state index in [1.807, 2.05) is 0 Å². The quantitative estimate of drug-likeness (QED) is 0.826. The van der Waals surface area contributed by atoms with Crippen molar-refractivity contribution in [2.75, 3.05) is 11.9 Å². The summed E-state index contributed by atoms with van der Waals surface area (Å²) in [4.78, 5) is 18.0. The molecule has 0 spiro atoms. The van der Waals surface area contributed by atoms with Gasteiger partial charge in [-0.25, -0.2) is 4.98 Å². The summed E-state index contributed by atoms with van der Waals surface area (Å²) in [5.74, 6) is 0.450. The number of amides is 1. The van der Waals surface area contributed by atoms with Gasteiger partial charge in [-0.2, -0.15) is 5.26 Å². The fourth-order valence-electron chi connectivity index (χ4n) is 2.18. The highest BCUT2D eigenvalue weighted by molar-refractivity contribution is 6.01. The number of oxazole rings is 1. The molecule has 0 unspecified atom stereocenters. The van der Waals surface area contributed by atoms with Gasteiger partial charge in [-0.05, 0) is 31.0 Å². The van der Waals surface area contributed by atoms with Crippen LogP contribution in [0.15, 0.2) is 22.6 Å². The zero-order valence-corrected chi connectivity index (χ0v) is 10.8. The van der Waals surface area contributed by atoms with Crippen LogP contribution in [0.1, 0.15) is 18.7 Å². The largest absolute Gasteiger partial charge is 0.441 e. The Morgan fingerprint density at radius 3 is 2.89 bits per heavy atom. The van der Waals surface area contributed by atoms with Crippen molar-refractivity contribution in [2.45, 2.75) is 19.8 Å². The minimum Gasteiger partial charge on any atom is -0.441 e. The number of nitriles is 1. The number of fused-ring (bicyclic) bond motifs is 1. The van der Waals surface area contributed by atoms with Crippen LogP contribution < -0.4 is 4.90 Å². The van der Waals surface area contributed by atoms with Crippen LogP contribution in [-0.4, -0.2) is 17.9 Å². The average Bonchev–Trinajstić information content (AvgIpc) is 3.12. The van der Waals surface area contributed by atoms with E-state index in [-0.39, 0.29) is 5.91 Å². The van der Waals surface area contributed by atoms with Crippen molar-refractivity contribution in [2.24, 2.45) is 5.41 Å². The number of anilines is 1. The van der Waals surface area contributed by atoms with E-state index in [4.69, 9.17) is 9.68 Å². The lowest BCUT2D eigenvalue weighted by molar-refractivity contribution is -0.121. The van der Waals surface area contributed by atoms with Crippen LogP contribution in [-0.2, 0) is 4.79 Å². The Morgan fingerprint density at radius 1 is 1.53 bits per heavy atom. The van der Waals surface area contributed by atoms with Crippen LogP contribution in [0, 0.1) is 23.7 Å². The van der Waals surface area contributed by atoms with Gasteiger partial charge in [0.05, 0.1) is 6.07 Å². The number of carbonyl (C=O) groups excluding carboxylic acids is 1. The third-order valence-corrected chi connectivity index (χ3v) is 3.54. The highest BCUT2D eigenvalue weighted by Crippen LogP contribution is 2.46. The molecule has 3 rings (SSSR count). The van der Waals surface area contributed by atoms with Crippen LogP contribution in [0.3, 0.4) is 0 Å². The van der Waals surface area contributed by atoms with E-state index in [9.17, 15) is 4.79 Å². The Kier molecular flexibility index (Phi) is 2.36. The van der Waals surface area contributed by atoms with Crippen LogP contribution in [0.25, 0.3) is 11.1 Å². The molecule has 0 radical (unpaired) electrons. The van der Waals surface area contributed by atoms with Gasteiger partial charge in [0.2, 0.25) is 5.91 Å². The van der Waals surface area contributed by atoms with Gasteiger partial charge in [0, 0.05) is 19.7 Å². The van der Waals surface area contributed by atoms with Gasteiger partial charge in [-0.3, -0.25) is 4.79 Å². The Bertz CT molecular complexity index is 707. The molecular weight excluding hydrogens is 242 g/mol. The summed E-state index contributed by atoms with van der Waals surface area (Å²) in [7, 11) is 1.69. The van der Waals surface area contributed by atoms with Crippen molar-refractivity contribution >= 4 is 22.7 Å². The summed E-state index contributed by atoms with van der Waals surface area (Å²) in [5, 5.41) is 9.07. The molecule has 0 saturated heterocycles. The second-order valence-corrected chi connectivity index (χ2v) is 4.94. The number of nitrogens with zero attached hydrogens (tertiary/aromatic N) is 3. The third-order valence-electron chi connectivity index (χ3n) is 3.54. The van der Waals surface area contributed by atoms with Gasteiger partial charge < -0.3 is 9.32 Å². The van der Waals surface area contributed by atoms with E-state index < -0.39 is 5.41 Å². The topological polar surface area (TPSA) is 70.1 Å². The smallest absolute Gasteiger partial charge is 0.247 e. The van der Waals surface area contributed by atoms with Gasteiger partial charge in [0.15, 0.2) is 11.5 Å². The third kappa shape index (κ3) is 1.76. The van der Waals surface area contributed by atoms with Crippen LogP contribution >= 0.6 is 0 Å². The van der Waals surface area contributed by atoms with Crippen molar-refractivity contribution < 1.29 is 9.21 Å². The Labute approximate surface area is 110 Å². The summed E-state index contributed by atoms with van der Waals surface area (Å²) in [5.41, 5.74) is 1.34. The van der Waals surface area contributed by atoms with E-state index in [0.717, 1.165) is 11.2 Å². The number of benzene rings is 1. The number of hydrogen-bond donors (Lipinski definition) is 0. The molecule has 1 aliphatic rings. The molecule has 5 nitrogen and oxygen atoms in total. The normalized spacial score (nSPS) is 16.1. The van der Waals surface area contributed by atoms with Crippen molar-refractivity contribution in [1.82, 2.24) is 4.98 Å². The molecule has 1 aliphatic carbocycles. The second kappa shape index (κ2) is 3.82. The van der Waals surface area contributed by atoms with E-state index >= 15 is 0 Å². The predicted molar refractivity (Wildman–Crippen MR) is 69.4 cm³/mol. The monoisotopic (exact) mass is 255 g/mol. The zero-order chi connectivity index (χ0) is 13.6. The Morgan fingerprint density at radius 2 is 2.26 bits per heavy atom. The van der Waals surface area contributed by atoms with Crippen LogP contribution in [0.5, 0.6) is 0 Å². The van der Waals surface area contributed by atoms with E-state index in [1.54, 1.807) is 32.2 Å². The van der Waals surface area contributed by atoms with Crippen LogP contribution in [0.2, 0.25) is 0 Å². The van der Waals surface area contributed by atoms with Crippen molar-refractivity contribution in [3.05, 3.63) is 24.1 Å². The maximum Gasteiger partial charge on any atom is 0.247 e. The molecule has 19 heavy (non-hydrogen) atoms. The summed E-state index contributed by atoms with van der Waals surface area (Å²) in [6, 6.07) is 7.52. The minimum atomic E-state index is -0.802. The first-order chi connectivity index (χ1) is 9.05. The number of aromatic nitrogens is 1. The fourth-order valence-corrected chi connectivity index (χ4v) is 2.18. The average molecular weight is 255 g/mol. The lowest BCUT2D eigenvalue weighted by atomic mass is 10.1. The van der Waals surface area contributed by atoms with Gasteiger partial charge in [0.25, 0.3) is 0 Å². The summed E-state index contributed by atoms with van der Waals surface area (Å²) in [6.07, 6.45) is 1.30. The van der Waals surface area contributed by atoms with Crippen molar-refractivity contribution in [1.29, 1.82) is 5.26 Å². The maximum absolute atomic E-state index is 12.3. The van der Waals surface area contributed by atoms with Gasteiger partial charge in [0.1, 0.15) is 10.9 Å². The zero-order valence-electron chi connectivity index (χ0n) is 10.8. The summed E-state index contributed by atoms with van der Waals surface area (Å²) >= 11 is 0. The summed E-state index contributed by atoms with van der Waals surface area (Å²) < 4.78 is 5.40. The summed E-state index contributed by atoms with van der Waals surface area (Å²) in [6.45, 7) is 1.78. The molecule has 96 valence electrons. The first-order valence-corrected chi connectivity index (χ1v) is 6.12. The van der Waals surface area contributed by atoms with E-state index in [1.165, 1.54) is 4.90 Å². The predicted octanol–water partition coefficient (Wildman–Crippen LogP) is 2.40. The highest BCUT2D eigenvalue weighted by Gasteiger charge is 2.52. The highest BCUT2D eigenvalue weighted by atomic mass is 16.3. The van der Waals surface area contributed by atoms with Crippen molar-refractivity contribution in [3.63, 3.8) is 0 Å². The first kappa shape index (κ1) is 11.7. The molecule has 1 aromatic carbocycles. The molecular formula is C14H13N3O2. The number of hydrogen-bond acceptors (Lipinski definition) is 4. The molecule has 5 heteroatoms.